The van der Waals surface area contributed by atoms with Gasteiger partial charge < -0.3 is 9.64 Å². The van der Waals surface area contributed by atoms with E-state index in [1.807, 2.05) is 24.3 Å². The second-order valence-corrected chi connectivity index (χ2v) is 5.39. The fourth-order valence-electron chi connectivity index (χ4n) is 1.89. The van der Waals surface area contributed by atoms with Gasteiger partial charge in [0.05, 0.1) is 19.3 Å². The van der Waals surface area contributed by atoms with Crippen LogP contribution in [0.15, 0.2) is 28.7 Å². The lowest BCUT2D eigenvalue weighted by Crippen LogP contribution is -2.53. The van der Waals surface area contributed by atoms with Gasteiger partial charge in [-0.3, -0.25) is 4.79 Å². The van der Waals surface area contributed by atoms with E-state index in [0.717, 1.165) is 10.0 Å². The molecule has 1 aliphatic heterocycles. The fraction of sp³-hybridized carbons (Fsp3) is 0.385. The number of nitriles is 1. The van der Waals surface area contributed by atoms with Crippen molar-refractivity contribution in [2.45, 2.75) is 6.54 Å². The lowest BCUT2D eigenvalue weighted by molar-refractivity contribution is -0.160. The Morgan fingerprint density at radius 3 is 2.83 bits per heavy atom. The number of rotatable bonds is 3. The average molecular weight is 309 g/mol. The zero-order valence-electron chi connectivity index (χ0n) is 10.0. The number of hydrogen-bond donors (Lipinski definition) is 0. The first-order valence-electron chi connectivity index (χ1n) is 5.56. The molecule has 0 unspecified atom stereocenters. The number of ether oxygens (including phenoxy) is 1. The van der Waals surface area contributed by atoms with Gasteiger partial charge in [-0.25, -0.2) is 0 Å². The third-order valence-corrected chi connectivity index (χ3v) is 3.47. The third-order valence-electron chi connectivity index (χ3n) is 2.98. The molecule has 94 valence electrons. The molecule has 1 aliphatic rings. The van der Waals surface area contributed by atoms with Crippen LogP contribution < -0.4 is 0 Å². The monoisotopic (exact) mass is 308 g/mol. The maximum absolute atomic E-state index is 12.2. The SMILES string of the molecule is CN(Cc1cccc(Br)c1)C(=O)C1(C#N)COC1. The van der Waals surface area contributed by atoms with Gasteiger partial charge in [0, 0.05) is 18.1 Å². The summed E-state index contributed by atoms with van der Waals surface area (Å²) >= 11 is 3.39. The molecule has 0 aromatic heterocycles. The molecule has 1 aromatic rings. The molecule has 2 rings (SSSR count). The van der Waals surface area contributed by atoms with Gasteiger partial charge in [-0.1, -0.05) is 28.1 Å². The molecule has 0 bridgehead atoms. The summed E-state index contributed by atoms with van der Waals surface area (Å²) in [6, 6.07) is 9.83. The van der Waals surface area contributed by atoms with Crippen molar-refractivity contribution in [2.75, 3.05) is 20.3 Å². The maximum atomic E-state index is 12.2. The molecule has 1 heterocycles. The van der Waals surface area contributed by atoms with Gasteiger partial charge in [0.15, 0.2) is 5.41 Å². The Labute approximate surface area is 114 Å². The number of nitrogens with zero attached hydrogens (tertiary/aromatic N) is 2. The minimum Gasteiger partial charge on any atom is -0.377 e. The topological polar surface area (TPSA) is 53.3 Å². The average Bonchev–Trinajstić information content (AvgIpc) is 2.28. The minimum absolute atomic E-state index is 0.170. The molecular formula is C13H13BrN2O2. The fourth-order valence-corrected chi connectivity index (χ4v) is 2.34. The first-order chi connectivity index (χ1) is 8.57. The Hall–Kier alpha value is -1.38. The van der Waals surface area contributed by atoms with Crippen LogP contribution in [0.25, 0.3) is 0 Å². The van der Waals surface area contributed by atoms with E-state index < -0.39 is 5.41 Å². The van der Waals surface area contributed by atoms with E-state index in [-0.39, 0.29) is 19.1 Å². The van der Waals surface area contributed by atoms with Crippen LogP contribution in [0.2, 0.25) is 0 Å². The number of carbonyl (C=O) groups excluding carboxylic acids is 1. The summed E-state index contributed by atoms with van der Waals surface area (Å²) in [5.74, 6) is -0.170. The van der Waals surface area contributed by atoms with Gasteiger partial charge in [0.25, 0.3) is 0 Å². The summed E-state index contributed by atoms with van der Waals surface area (Å²) in [6.07, 6.45) is 0. The first-order valence-corrected chi connectivity index (χ1v) is 6.36. The molecule has 0 atom stereocenters. The number of halogens is 1. The summed E-state index contributed by atoms with van der Waals surface area (Å²) in [5, 5.41) is 9.08. The Balaban J connectivity index is 2.06. The van der Waals surface area contributed by atoms with Gasteiger partial charge in [-0.2, -0.15) is 5.26 Å². The molecule has 4 nitrogen and oxygen atoms in total. The van der Waals surface area contributed by atoms with Gasteiger partial charge in [0.2, 0.25) is 5.91 Å². The molecule has 0 radical (unpaired) electrons. The Morgan fingerprint density at radius 1 is 1.61 bits per heavy atom. The van der Waals surface area contributed by atoms with Crippen LogP contribution in [-0.2, 0) is 16.1 Å². The molecule has 1 aromatic carbocycles. The van der Waals surface area contributed by atoms with Crippen molar-refractivity contribution in [2.24, 2.45) is 5.41 Å². The highest BCUT2D eigenvalue weighted by Gasteiger charge is 2.48. The second-order valence-electron chi connectivity index (χ2n) is 4.48. The second kappa shape index (κ2) is 5.09. The maximum Gasteiger partial charge on any atom is 0.247 e. The van der Waals surface area contributed by atoms with E-state index in [4.69, 9.17) is 10.00 Å². The smallest absolute Gasteiger partial charge is 0.247 e. The van der Waals surface area contributed by atoms with Crippen molar-refractivity contribution in [1.29, 1.82) is 5.26 Å². The third kappa shape index (κ3) is 2.40. The van der Waals surface area contributed by atoms with Crippen molar-refractivity contribution >= 4 is 21.8 Å². The first kappa shape index (κ1) is 13.1. The van der Waals surface area contributed by atoms with E-state index >= 15 is 0 Å². The summed E-state index contributed by atoms with van der Waals surface area (Å²) < 4.78 is 5.97. The molecule has 5 heteroatoms. The van der Waals surface area contributed by atoms with Crippen molar-refractivity contribution in [3.05, 3.63) is 34.3 Å². The van der Waals surface area contributed by atoms with Crippen molar-refractivity contribution in [3.8, 4) is 6.07 Å². The van der Waals surface area contributed by atoms with Gasteiger partial charge in [-0.15, -0.1) is 0 Å². The molecule has 0 saturated carbocycles. The van der Waals surface area contributed by atoms with E-state index in [1.165, 1.54) is 0 Å². The Morgan fingerprint density at radius 2 is 2.33 bits per heavy atom. The summed E-state index contributed by atoms with van der Waals surface area (Å²) in [5.41, 5.74) is 0.0503. The number of hydrogen-bond acceptors (Lipinski definition) is 3. The van der Waals surface area contributed by atoms with Crippen LogP contribution >= 0.6 is 15.9 Å². The summed E-state index contributed by atoms with van der Waals surface area (Å²) in [4.78, 5) is 13.8. The van der Waals surface area contributed by atoms with Gasteiger partial charge in [0.1, 0.15) is 0 Å². The quantitative estimate of drug-likeness (QED) is 0.857. The standard InChI is InChI=1S/C13H13BrN2O2/c1-16(6-10-3-2-4-11(14)5-10)12(17)13(7-15)8-18-9-13/h2-5H,6,8-9H2,1H3. The molecular weight excluding hydrogens is 296 g/mol. The number of amides is 1. The Bertz CT molecular complexity index is 506. The van der Waals surface area contributed by atoms with E-state index in [9.17, 15) is 4.79 Å². The minimum atomic E-state index is -0.971. The molecule has 0 spiro atoms. The highest BCUT2D eigenvalue weighted by molar-refractivity contribution is 9.10. The lowest BCUT2D eigenvalue weighted by atomic mass is 9.86. The van der Waals surface area contributed by atoms with Crippen molar-refractivity contribution in [1.82, 2.24) is 4.90 Å². The molecule has 1 saturated heterocycles. The van der Waals surface area contributed by atoms with Crippen LogP contribution in [0, 0.1) is 16.7 Å². The van der Waals surface area contributed by atoms with Crippen LogP contribution in [0.4, 0.5) is 0 Å². The summed E-state index contributed by atoms with van der Waals surface area (Å²) in [6.45, 7) is 0.887. The Kier molecular flexibility index (Phi) is 3.69. The van der Waals surface area contributed by atoms with Gasteiger partial charge in [-0.05, 0) is 17.7 Å². The van der Waals surface area contributed by atoms with E-state index in [0.29, 0.717) is 6.54 Å². The van der Waals surface area contributed by atoms with Crippen LogP contribution in [0.3, 0.4) is 0 Å². The van der Waals surface area contributed by atoms with E-state index in [2.05, 4.69) is 22.0 Å². The van der Waals surface area contributed by atoms with Crippen molar-refractivity contribution in [3.63, 3.8) is 0 Å². The number of benzene rings is 1. The largest absolute Gasteiger partial charge is 0.377 e. The van der Waals surface area contributed by atoms with Crippen LogP contribution in [0.1, 0.15) is 5.56 Å². The zero-order chi connectivity index (χ0) is 13.2. The van der Waals surface area contributed by atoms with Crippen LogP contribution in [-0.4, -0.2) is 31.1 Å². The van der Waals surface area contributed by atoms with E-state index in [1.54, 1.807) is 11.9 Å². The molecule has 0 aliphatic carbocycles. The molecule has 0 N–H and O–H groups in total. The predicted octanol–water partition coefficient (Wildman–Crippen LogP) is 1.95. The number of carbonyl (C=O) groups is 1. The van der Waals surface area contributed by atoms with Crippen LogP contribution in [0.5, 0.6) is 0 Å². The van der Waals surface area contributed by atoms with Crippen molar-refractivity contribution < 1.29 is 9.53 Å². The highest BCUT2D eigenvalue weighted by atomic mass is 79.9. The normalized spacial score (nSPS) is 16.5. The predicted molar refractivity (Wildman–Crippen MR) is 69.5 cm³/mol. The zero-order valence-corrected chi connectivity index (χ0v) is 11.6. The lowest BCUT2D eigenvalue weighted by Gasteiger charge is -2.36. The molecule has 1 amide bonds. The summed E-state index contributed by atoms with van der Waals surface area (Å²) in [7, 11) is 1.71. The highest BCUT2D eigenvalue weighted by Crippen LogP contribution is 2.29. The molecule has 1 fully saturated rings. The molecule has 18 heavy (non-hydrogen) atoms. The van der Waals surface area contributed by atoms with Gasteiger partial charge >= 0.3 is 0 Å².